The van der Waals surface area contributed by atoms with E-state index in [0.717, 1.165) is 10.0 Å². The fraction of sp³-hybridized carbons (Fsp3) is 0.500. The molecule has 0 aliphatic heterocycles. The lowest BCUT2D eigenvalue weighted by atomic mass is 9.96. The molecule has 0 aliphatic carbocycles. The van der Waals surface area contributed by atoms with E-state index in [2.05, 4.69) is 20.9 Å². The largest absolute Gasteiger partial charge is 0.390 e. The van der Waals surface area contributed by atoms with Crippen LogP contribution in [0.5, 0.6) is 0 Å². The number of rotatable bonds is 3. The van der Waals surface area contributed by atoms with E-state index in [1.54, 1.807) is 26.2 Å². The molecule has 0 aliphatic rings. The highest BCUT2D eigenvalue weighted by atomic mass is 79.9. The Labute approximate surface area is 91.9 Å². The Morgan fingerprint density at radius 3 is 2.64 bits per heavy atom. The first kappa shape index (κ1) is 11.6. The number of hydrogen-bond donors (Lipinski definition) is 2. The third kappa shape index (κ3) is 3.36. The molecule has 0 amide bonds. The third-order valence-corrected chi connectivity index (χ3v) is 2.44. The predicted molar refractivity (Wildman–Crippen MR) is 57.9 cm³/mol. The van der Waals surface area contributed by atoms with Crippen LogP contribution in [0.2, 0.25) is 0 Å². The first-order valence-corrected chi connectivity index (χ1v) is 5.19. The van der Waals surface area contributed by atoms with Gasteiger partial charge in [-0.25, -0.2) is 0 Å². The predicted octanol–water partition coefficient (Wildman–Crippen LogP) is 1.52. The van der Waals surface area contributed by atoms with Crippen LogP contribution in [0, 0.1) is 0 Å². The molecule has 3 nitrogen and oxygen atoms in total. The van der Waals surface area contributed by atoms with Crippen molar-refractivity contribution in [1.82, 2.24) is 4.98 Å². The summed E-state index contributed by atoms with van der Waals surface area (Å²) in [5.41, 5.74) is -0.184. The number of hydrogen-bond acceptors (Lipinski definition) is 3. The normalized spacial score (nSPS) is 14.1. The molecule has 14 heavy (non-hydrogen) atoms. The molecular weight excluding hydrogens is 246 g/mol. The maximum atomic E-state index is 9.64. The van der Waals surface area contributed by atoms with Gasteiger partial charge in [0.1, 0.15) is 0 Å². The molecule has 0 saturated heterocycles. The first-order valence-electron chi connectivity index (χ1n) is 4.39. The van der Waals surface area contributed by atoms with Crippen molar-refractivity contribution in [1.29, 1.82) is 0 Å². The van der Waals surface area contributed by atoms with Gasteiger partial charge >= 0.3 is 0 Å². The van der Waals surface area contributed by atoms with Crippen molar-refractivity contribution < 1.29 is 10.2 Å². The quantitative estimate of drug-likeness (QED) is 0.866. The van der Waals surface area contributed by atoms with Gasteiger partial charge in [-0.2, -0.15) is 0 Å². The summed E-state index contributed by atoms with van der Waals surface area (Å²) in [6, 6.07) is 1.88. The van der Waals surface area contributed by atoms with Crippen molar-refractivity contribution in [3.8, 4) is 0 Å². The Hall–Kier alpha value is -0.450. The Morgan fingerprint density at radius 2 is 2.14 bits per heavy atom. The molecule has 1 atom stereocenters. The maximum Gasteiger partial charge on any atom is 0.0862 e. The van der Waals surface area contributed by atoms with E-state index in [-0.39, 0.29) is 0 Å². The van der Waals surface area contributed by atoms with Gasteiger partial charge in [-0.3, -0.25) is 4.98 Å². The van der Waals surface area contributed by atoms with Crippen molar-refractivity contribution in [2.45, 2.75) is 32.0 Å². The molecule has 0 saturated carbocycles. The van der Waals surface area contributed by atoms with E-state index in [1.165, 1.54) is 0 Å². The molecule has 1 aromatic heterocycles. The van der Waals surface area contributed by atoms with Crippen molar-refractivity contribution in [2.75, 3.05) is 0 Å². The second-order valence-corrected chi connectivity index (χ2v) is 4.80. The highest BCUT2D eigenvalue weighted by Gasteiger charge is 2.24. The lowest BCUT2D eigenvalue weighted by Gasteiger charge is -2.24. The lowest BCUT2D eigenvalue weighted by molar-refractivity contribution is -0.0469. The van der Waals surface area contributed by atoms with Gasteiger partial charge in [0.2, 0.25) is 0 Å². The van der Waals surface area contributed by atoms with E-state index in [1.807, 2.05) is 6.07 Å². The van der Waals surface area contributed by atoms with Crippen LogP contribution >= 0.6 is 15.9 Å². The Kier molecular flexibility index (Phi) is 3.64. The number of nitrogens with zero attached hydrogens (tertiary/aromatic N) is 1. The van der Waals surface area contributed by atoms with Gasteiger partial charge in [-0.1, -0.05) is 0 Å². The molecule has 0 aromatic carbocycles. The zero-order chi connectivity index (χ0) is 10.8. The second kappa shape index (κ2) is 4.38. The van der Waals surface area contributed by atoms with E-state index >= 15 is 0 Å². The number of aromatic nitrogens is 1. The molecule has 1 unspecified atom stereocenters. The first-order chi connectivity index (χ1) is 6.39. The third-order valence-electron chi connectivity index (χ3n) is 2.01. The number of aliphatic hydroxyl groups is 2. The van der Waals surface area contributed by atoms with Crippen molar-refractivity contribution >= 4 is 15.9 Å². The van der Waals surface area contributed by atoms with Gasteiger partial charge in [-0.15, -0.1) is 0 Å². The van der Waals surface area contributed by atoms with Crippen LogP contribution in [0.1, 0.15) is 19.4 Å². The minimum atomic E-state index is -1.08. The summed E-state index contributed by atoms with van der Waals surface area (Å²) in [5.74, 6) is 0. The van der Waals surface area contributed by atoms with Crippen LogP contribution in [-0.2, 0) is 6.42 Å². The minimum Gasteiger partial charge on any atom is -0.390 e. The molecular formula is C10H14BrNO2. The van der Waals surface area contributed by atoms with Gasteiger partial charge in [-0.05, 0) is 41.4 Å². The van der Waals surface area contributed by atoms with Crippen molar-refractivity contribution in [3.05, 3.63) is 28.5 Å². The summed E-state index contributed by atoms with van der Waals surface area (Å²) in [7, 11) is 0. The monoisotopic (exact) mass is 259 g/mol. The molecule has 1 rings (SSSR count). The van der Waals surface area contributed by atoms with Gasteiger partial charge in [0.25, 0.3) is 0 Å². The van der Waals surface area contributed by atoms with E-state index < -0.39 is 11.7 Å². The molecule has 78 valence electrons. The lowest BCUT2D eigenvalue weighted by Crippen LogP contribution is -2.37. The van der Waals surface area contributed by atoms with E-state index in [9.17, 15) is 10.2 Å². The topological polar surface area (TPSA) is 53.4 Å². The summed E-state index contributed by atoms with van der Waals surface area (Å²) < 4.78 is 0.873. The highest BCUT2D eigenvalue weighted by molar-refractivity contribution is 9.10. The van der Waals surface area contributed by atoms with Crippen LogP contribution in [0.3, 0.4) is 0 Å². The summed E-state index contributed by atoms with van der Waals surface area (Å²) in [6.45, 7) is 3.17. The van der Waals surface area contributed by atoms with Crippen LogP contribution < -0.4 is 0 Å². The molecule has 0 fully saturated rings. The smallest absolute Gasteiger partial charge is 0.0862 e. The molecule has 0 spiro atoms. The fourth-order valence-electron chi connectivity index (χ4n) is 1.04. The van der Waals surface area contributed by atoms with Gasteiger partial charge in [0.15, 0.2) is 0 Å². The van der Waals surface area contributed by atoms with Crippen LogP contribution in [0.25, 0.3) is 0 Å². The summed E-state index contributed by atoms with van der Waals surface area (Å²) in [5, 5.41) is 19.2. The van der Waals surface area contributed by atoms with Gasteiger partial charge in [0, 0.05) is 23.3 Å². The van der Waals surface area contributed by atoms with E-state index in [0.29, 0.717) is 6.42 Å². The Bertz CT molecular complexity index is 309. The molecule has 1 heterocycles. The number of halogens is 1. The summed E-state index contributed by atoms with van der Waals surface area (Å²) in [6.07, 6.45) is 2.98. The zero-order valence-corrected chi connectivity index (χ0v) is 9.82. The van der Waals surface area contributed by atoms with E-state index in [4.69, 9.17) is 0 Å². The number of pyridine rings is 1. The van der Waals surface area contributed by atoms with Gasteiger partial charge < -0.3 is 10.2 Å². The van der Waals surface area contributed by atoms with Crippen LogP contribution in [0.4, 0.5) is 0 Å². The SMILES string of the molecule is CC(C)(O)C(O)Cc1cncc(Br)c1. The average molecular weight is 260 g/mol. The van der Waals surface area contributed by atoms with Crippen LogP contribution in [-0.4, -0.2) is 26.9 Å². The zero-order valence-electron chi connectivity index (χ0n) is 8.24. The molecule has 2 N–H and O–H groups in total. The molecule has 0 bridgehead atoms. The maximum absolute atomic E-state index is 9.64. The molecule has 4 heteroatoms. The van der Waals surface area contributed by atoms with Crippen molar-refractivity contribution in [2.24, 2.45) is 0 Å². The van der Waals surface area contributed by atoms with Gasteiger partial charge in [0.05, 0.1) is 11.7 Å². The molecule has 1 aromatic rings. The van der Waals surface area contributed by atoms with Crippen LogP contribution in [0.15, 0.2) is 22.9 Å². The second-order valence-electron chi connectivity index (χ2n) is 3.88. The number of aliphatic hydroxyl groups excluding tert-OH is 1. The highest BCUT2D eigenvalue weighted by Crippen LogP contribution is 2.16. The Morgan fingerprint density at radius 1 is 1.50 bits per heavy atom. The Balaban J connectivity index is 2.70. The molecule has 0 radical (unpaired) electrons. The minimum absolute atomic E-state index is 0.399. The average Bonchev–Trinajstić information content (AvgIpc) is 2.02. The van der Waals surface area contributed by atoms with Crippen molar-refractivity contribution in [3.63, 3.8) is 0 Å². The summed E-state index contributed by atoms with van der Waals surface area (Å²) in [4.78, 5) is 3.98. The fourth-order valence-corrected chi connectivity index (χ4v) is 1.45. The summed E-state index contributed by atoms with van der Waals surface area (Å²) >= 11 is 3.30. The standard InChI is InChI=1S/C10H14BrNO2/c1-10(2,14)9(13)4-7-3-8(11)6-12-5-7/h3,5-6,9,13-14H,4H2,1-2H3.